The van der Waals surface area contributed by atoms with E-state index in [4.69, 9.17) is 16.3 Å². The van der Waals surface area contributed by atoms with Crippen LogP contribution < -0.4 is 4.74 Å². The van der Waals surface area contributed by atoms with Crippen molar-refractivity contribution in [3.63, 3.8) is 0 Å². The second kappa shape index (κ2) is 7.69. The van der Waals surface area contributed by atoms with Gasteiger partial charge in [-0.2, -0.15) is 4.98 Å². The van der Waals surface area contributed by atoms with E-state index in [1.807, 2.05) is 25.1 Å². The minimum atomic E-state index is 0.538. The summed E-state index contributed by atoms with van der Waals surface area (Å²) in [6, 6.07) is 17.5. The molecule has 0 aliphatic rings. The Morgan fingerprint density at radius 2 is 1.67 bits per heavy atom. The maximum absolute atomic E-state index is 5.89. The van der Waals surface area contributed by atoms with E-state index in [1.165, 1.54) is 11.1 Å². The second-order valence-corrected chi connectivity index (χ2v) is 6.84. The van der Waals surface area contributed by atoms with E-state index in [0.717, 1.165) is 11.4 Å². The molecule has 0 N–H and O–H groups in total. The maximum Gasteiger partial charge on any atom is 0.223 e. The summed E-state index contributed by atoms with van der Waals surface area (Å²) in [6.45, 7) is 4.02. The van der Waals surface area contributed by atoms with Crippen LogP contribution in [0.5, 0.6) is 11.6 Å². The van der Waals surface area contributed by atoms with Gasteiger partial charge < -0.3 is 4.74 Å². The molecule has 3 nitrogen and oxygen atoms in total. The van der Waals surface area contributed by atoms with E-state index in [1.54, 1.807) is 23.9 Å². The summed E-state index contributed by atoms with van der Waals surface area (Å²) in [6.07, 6.45) is 0. The van der Waals surface area contributed by atoms with Crippen molar-refractivity contribution in [2.45, 2.75) is 24.8 Å². The highest BCUT2D eigenvalue weighted by atomic mass is 35.5. The quantitative estimate of drug-likeness (QED) is 0.425. The molecule has 0 saturated heterocycles. The lowest BCUT2D eigenvalue weighted by molar-refractivity contribution is 0.454. The number of aryl methyl sites for hydroxylation is 2. The first-order chi connectivity index (χ1) is 11.6. The Morgan fingerprint density at radius 1 is 0.958 bits per heavy atom. The predicted octanol–water partition coefficient (Wildman–Crippen LogP) is 5.83. The molecule has 0 unspecified atom stereocenters. The fourth-order valence-corrected chi connectivity index (χ4v) is 3.06. The van der Waals surface area contributed by atoms with Gasteiger partial charge in [-0.15, -0.1) is 0 Å². The van der Waals surface area contributed by atoms with Crippen molar-refractivity contribution in [2.24, 2.45) is 0 Å². The number of hydrogen-bond donors (Lipinski definition) is 0. The molecule has 0 saturated carbocycles. The van der Waals surface area contributed by atoms with Crippen molar-refractivity contribution in [2.75, 3.05) is 0 Å². The van der Waals surface area contributed by atoms with E-state index in [2.05, 4.69) is 41.2 Å². The second-order valence-electron chi connectivity index (χ2n) is 5.46. The van der Waals surface area contributed by atoms with E-state index in [-0.39, 0.29) is 0 Å². The summed E-state index contributed by atoms with van der Waals surface area (Å²) in [5.41, 5.74) is 3.38. The molecule has 1 aromatic heterocycles. The molecule has 24 heavy (non-hydrogen) atoms. The van der Waals surface area contributed by atoms with E-state index >= 15 is 0 Å². The molecule has 0 spiro atoms. The number of halogens is 1. The highest BCUT2D eigenvalue weighted by Gasteiger charge is 2.06. The molecule has 3 rings (SSSR count). The normalized spacial score (nSPS) is 10.6. The lowest BCUT2D eigenvalue weighted by Gasteiger charge is -2.08. The van der Waals surface area contributed by atoms with Crippen LogP contribution in [-0.4, -0.2) is 9.97 Å². The highest BCUT2D eigenvalue weighted by Crippen LogP contribution is 2.26. The van der Waals surface area contributed by atoms with Gasteiger partial charge in [0.15, 0.2) is 5.16 Å². The average molecular weight is 357 g/mol. The fraction of sp³-hybridized carbons (Fsp3) is 0.158. The number of rotatable bonds is 5. The third-order valence-electron chi connectivity index (χ3n) is 3.33. The van der Waals surface area contributed by atoms with Gasteiger partial charge in [-0.1, -0.05) is 53.2 Å². The molecule has 0 aliphatic carbocycles. The van der Waals surface area contributed by atoms with E-state index < -0.39 is 0 Å². The van der Waals surface area contributed by atoms with Gasteiger partial charge in [0.05, 0.1) is 0 Å². The first-order valence-electron chi connectivity index (χ1n) is 7.56. The van der Waals surface area contributed by atoms with Crippen molar-refractivity contribution >= 4 is 23.4 Å². The third-order valence-corrected chi connectivity index (χ3v) is 4.51. The molecule has 1 heterocycles. The molecule has 0 atom stereocenters. The van der Waals surface area contributed by atoms with Crippen LogP contribution >= 0.6 is 23.4 Å². The van der Waals surface area contributed by atoms with Crippen molar-refractivity contribution in [3.8, 4) is 11.6 Å². The van der Waals surface area contributed by atoms with E-state index in [9.17, 15) is 0 Å². The van der Waals surface area contributed by atoms with Gasteiger partial charge >= 0.3 is 0 Å². The maximum atomic E-state index is 5.89. The first kappa shape index (κ1) is 16.8. The van der Waals surface area contributed by atoms with Crippen LogP contribution in [0.25, 0.3) is 0 Å². The molecule has 0 radical (unpaired) electrons. The van der Waals surface area contributed by atoms with Gasteiger partial charge in [-0.05, 0) is 43.7 Å². The third kappa shape index (κ3) is 4.73. The fourth-order valence-electron chi connectivity index (χ4n) is 2.09. The van der Waals surface area contributed by atoms with Crippen LogP contribution in [0.4, 0.5) is 0 Å². The summed E-state index contributed by atoms with van der Waals surface area (Å²) < 4.78 is 5.80. The highest BCUT2D eigenvalue weighted by molar-refractivity contribution is 7.98. The smallest absolute Gasteiger partial charge is 0.223 e. The minimum absolute atomic E-state index is 0.538. The average Bonchev–Trinajstić information content (AvgIpc) is 2.56. The standard InChI is InChI=1S/C19H17ClN2OS/c1-13-3-5-15(6-4-13)12-24-19-21-14(2)11-18(22-19)23-17-9-7-16(20)8-10-17/h3-11H,12H2,1-2H3. The Kier molecular flexibility index (Phi) is 5.38. The van der Waals surface area contributed by atoms with Gasteiger partial charge in [0.25, 0.3) is 0 Å². The molecular weight excluding hydrogens is 340 g/mol. The van der Waals surface area contributed by atoms with Gasteiger partial charge in [0.1, 0.15) is 5.75 Å². The van der Waals surface area contributed by atoms with Gasteiger partial charge in [0, 0.05) is 22.5 Å². The molecule has 3 aromatic rings. The zero-order valence-electron chi connectivity index (χ0n) is 13.5. The largest absolute Gasteiger partial charge is 0.439 e. The Morgan fingerprint density at radius 3 is 2.38 bits per heavy atom. The molecule has 0 bridgehead atoms. The topological polar surface area (TPSA) is 35.0 Å². The molecule has 122 valence electrons. The molecule has 0 amide bonds. The van der Waals surface area contributed by atoms with Crippen LogP contribution in [0.15, 0.2) is 59.8 Å². The predicted molar refractivity (Wildman–Crippen MR) is 99.0 cm³/mol. The first-order valence-corrected chi connectivity index (χ1v) is 8.92. The summed E-state index contributed by atoms with van der Waals surface area (Å²) in [7, 11) is 0. The molecule has 0 aliphatic heterocycles. The monoisotopic (exact) mass is 356 g/mol. The van der Waals surface area contributed by atoms with Crippen molar-refractivity contribution < 1.29 is 4.74 Å². The summed E-state index contributed by atoms with van der Waals surface area (Å²) in [5, 5.41) is 1.38. The zero-order chi connectivity index (χ0) is 16.9. The number of aromatic nitrogens is 2. The van der Waals surface area contributed by atoms with Crippen molar-refractivity contribution in [3.05, 3.63) is 76.4 Å². The lowest BCUT2D eigenvalue weighted by Crippen LogP contribution is -1.95. The summed E-state index contributed by atoms with van der Waals surface area (Å²) >= 11 is 7.49. The zero-order valence-corrected chi connectivity index (χ0v) is 15.1. The van der Waals surface area contributed by atoms with Crippen LogP contribution in [-0.2, 0) is 5.75 Å². The Labute approximate surface area is 151 Å². The number of ether oxygens (including phenoxy) is 1. The number of hydrogen-bond acceptors (Lipinski definition) is 4. The Hall–Kier alpha value is -2.04. The van der Waals surface area contributed by atoms with Gasteiger partial charge in [-0.25, -0.2) is 4.98 Å². The van der Waals surface area contributed by atoms with Crippen molar-refractivity contribution in [1.29, 1.82) is 0 Å². The number of benzene rings is 2. The number of thioether (sulfide) groups is 1. The van der Waals surface area contributed by atoms with Crippen LogP contribution in [0.1, 0.15) is 16.8 Å². The van der Waals surface area contributed by atoms with Crippen LogP contribution in [0, 0.1) is 13.8 Å². The van der Waals surface area contributed by atoms with Crippen LogP contribution in [0.3, 0.4) is 0 Å². The summed E-state index contributed by atoms with van der Waals surface area (Å²) in [4.78, 5) is 8.95. The van der Waals surface area contributed by atoms with Crippen molar-refractivity contribution in [1.82, 2.24) is 9.97 Å². The van der Waals surface area contributed by atoms with Gasteiger partial charge in [-0.3, -0.25) is 0 Å². The Balaban J connectivity index is 1.71. The number of nitrogens with zero attached hydrogens (tertiary/aromatic N) is 2. The Bertz CT molecular complexity index is 820. The molecular formula is C19H17ClN2OS. The molecule has 5 heteroatoms. The van der Waals surface area contributed by atoms with Gasteiger partial charge in [0.2, 0.25) is 5.88 Å². The lowest BCUT2D eigenvalue weighted by atomic mass is 10.2. The minimum Gasteiger partial charge on any atom is -0.439 e. The van der Waals surface area contributed by atoms with E-state index in [0.29, 0.717) is 21.8 Å². The van der Waals surface area contributed by atoms with Crippen LogP contribution in [0.2, 0.25) is 5.02 Å². The molecule has 2 aromatic carbocycles. The molecule has 0 fully saturated rings. The SMILES string of the molecule is Cc1ccc(CSc2nc(C)cc(Oc3ccc(Cl)cc3)n2)cc1. The summed E-state index contributed by atoms with van der Waals surface area (Å²) in [5.74, 6) is 2.06.